The largest absolute Gasteiger partial charge is 0.459 e. The Morgan fingerprint density at radius 2 is 1.89 bits per heavy atom. The van der Waals surface area contributed by atoms with Crippen LogP contribution < -0.4 is 10.6 Å². The third kappa shape index (κ3) is 5.10. The van der Waals surface area contributed by atoms with Crippen LogP contribution in [0.3, 0.4) is 0 Å². The molecule has 1 atom stereocenters. The summed E-state index contributed by atoms with van der Waals surface area (Å²) in [7, 11) is 0. The fourth-order valence-electron chi connectivity index (χ4n) is 3.16. The van der Waals surface area contributed by atoms with Gasteiger partial charge in [-0.3, -0.25) is 4.79 Å². The van der Waals surface area contributed by atoms with E-state index in [9.17, 15) is 9.59 Å². The number of anilines is 1. The van der Waals surface area contributed by atoms with Gasteiger partial charge in [-0.2, -0.15) is 0 Å². The number of hydrogen-bond donors (Lipinski definition) is 2. The van der Waals surface area contributed by atoms with E-state index in [1.165, 1.54) is 0 Å². The van der Waals surface area contributed by atoms with Gasteiger partial charge in [0.1, 0.15) is 0 Å². The van der Waals surface area contributed by atoms with Gasteiger partial charge in [0.05, 0.1) is 17.7 Å². The molecule has 0 saturated carbocycles. The highest BCUT2D eigenvalue weighted by Gasteiger charge is 2.34. The minimum absolute atomic E-state index is 0.0113. The first-order chi connectivity index (χ1) is 13.3. The fourth-order valence-corrected chi connectivity index (χ4v) is 3.55. The highest BCUT2D eigenvalue weighted by Crippen LogP contribution is 2.32. The summed E-state index contributed by atoms with van der Waals surface area (Å²) in [6.07, 6.45) is 1.07. The number of nitrogens with one attached hydrogen (secondary N) is 2. The highest BCUT2D eigenvalue weighted by atomic mass is 32.1. The average Bonchev–Trinajstić information content (AvgIpc) is 2.61. The lowest BCUT2D eigenvalue weighted by Gasteiger charge is -2.37. The van der Waals surface area contributed by atoms with Gasteiger partial charge in [-0.15, -0.1) is 0 Å². The van der Waals surface area contributed by atoms with Crippen molar-refractivity contribution in [1.82, 2.24) is 10.2 Å². The summed E-state index contributed by atoms with van der Waals surface area (Å²) in [6.45, 7) is 10.2. The average molecular weight is 404 g/mol. The third-order valence-electron chi connectivity index (χ3n) is 4.48. The van der Waals surface area contributed by atoms with Crippen LogP contribution >= 0.6 is 12.2 Å². The molecule has 0 saturated heterocycles. The summed E-state index contributed by atoms with van der Waals surface area (Å²) in [5.74, 6) is -0.367. The maximum atomic E-state index is 12.8. The molecule has 0 unspecified atom stereocenters. The van der Waals surface area contributed by atoms with Gasteiger partial charge in [0.25, 0.3) is 0 Å². The van der Waals surface area contributed by atoms with E-state index in [-0.39, 0.29) is 18.0 Å². The van der Waals surface area contributed by atoms with Gasteiger partial charge in [-0.25, -0.2) is 4.79 Å². The smallest absolute Gasteiger partial charge is 0.338 e. The number of hydrogen-bond acceptors (Lipinski definition) is 4. The number of allylic oxidation sites excluding steroid dienone is 1. The second-order valence-electron chi connectivity index (χ2n) is 7.00. The van der Waals surface area contributed by atoms with Crippen molar-refractivity contribution in [2.45, 2.75) is 59.6 Å². The van der Waals surface area contributed by atoms with E-state index in [1.807, 2.05) is 63.8 Å². The van der Waals surface area contributed by atoms with Crippen LogP contribution in [0.2, 0.25) is 0 Å². The summed E-state index contributed by atoms with van der Waals surface area (Å²) < 4.78 is 5.48. The van der Waals surface area contributed by atoms with E-state index in [4.69, 9.17) is 17.0 Å². The number of carbonyl (C=O) groups is 2. The molecule has 1 heterocycles. The van der Waals surface area contributed by atoms with Crippen molar-refractivity contribution in [3.05, 3.63) is 41.1 Å². The van der Waals surface area contributed by atoms with E-state index in [0.717, 1.165) is 23.4 Å². The summed E-state index contributed by atoms with van der Waals surface area (Å²) in [4.78, 5) is 26.5. The number of nitrogens with zero attached hydrogens (tertiary/aromatic N) is 1. The van der Waals surface area contributed by atoms with Crippen LogP contribution in [-0.2, 0) is 14.3 Å². The molecule has 2 N–H and O–H groups in total. The Morgan fingerprint density at radius 1 is 1.25 bits per heavy atom. The van der Waals surface area contributed by atoms with Crippen molar-refractivity contribution >= 4 is 34.9 Å². The Morgan fingerprint density at radius 3 is 2.43 bits per heavy atom. The summed E-state index contributed by atoms with van der Waals surface area (Å²) in [6, 6.07) is 7.04. The summed E-state index contributed by atoms with van der Waals surface area (Å²) >= 11 is 5.49. The Labute approximate surface area is 172 Å². The minimum Gasteiger partial charge on any atom is -0.459 e. The topological polar surface area (TPSA) is 70.7 Å². The summed E-state index contributed by atoms with van der Waals surface area (Å²) in [5.41, 5.74) is 2.94. The Kier molecular flexibility index (Phi) is 7.57. The Hall–Kier alpha value is -2.41. The molecular formula is C21H29N3O3S. The number of esters is 1. The number of thiocarbonyl (C=S) groups is 1. The van der Waals surface area contributed by atoms with Gasteiger partial charge >= 0.3 is 5.97 Å². The van der Waals surface area contributed by atoms with Gasteiger partial charge in [0, 0.05) is 24.4 Å². The van der Waals surface area contributed by atoms with Crippen molar-refractivity contribution in [1.29, 1.82) is 0 Å². The number of benzene rings is 1. The molecule has 0 fully saturated rings. The maximum absolute atomic E-state index is 12.8. The highest BCUT2D eigenvalue weighted by molar-refractivity contribution is 7.80. The van der Waals surface area contributed by atoms with Crippen molar-refractivity contribution < 1.29 is 14.3 Å². The molecule has 0 spiro atoms. The zero-order valence-corrected chi connectivity index (χ0v) is 18.0. The molecular weight excluding hydrogens is 374 g/mol. The molecule has 0 bridgehead atoms. The van der Waals surface area contributed by atoms with E-state index in [2.05, 4.69) is 10.6 Å². The monoisotopic (exact) mass is 403 g/mol. The van der Waals surface area contributed by atoms with Crippen LogP contribution in [0, 0.1) is 0 Å². The lowest BCUT2D eigenvalue weighted by molar-refractivity contribution is -0.143. The molecule has 0 aliphatic carbocycles. The van der Waals surface area contributed by atoms with Gasteiger partial charge in [-0.1, -0.05) is 19.1 Å². The minimum atomic E-state index is -0.401. The summed E-state index contributed by atoms with van der Waals surface area (Å²) in [5, 5.41) is 6.71. The molecule has 152 valence electrons. The van der Waals surface area contributed by atoms with E-state index >= 15 is 0 Å². The van der Waals surface area contributed by atoms with Crippen LogP contribution in [0.15, 0.2) is 35.5 Å². The third-order valence-corrected chi connectivity index (χ3v) is 4.82. The molecule has 2 rings (SSSR count). The Balaban J connectivity index is 2.35. The lowest BCUT2D eigenvalue weighted by Crippen LogP contribution is -2.47. The number of carbonyl (C=O) groups excluding carboxylic acids is 2. The van der Waals surface area contributed by atoms with Crippen molar-refractivity contribution in [3.8, 4) is 0 Å². The van der Waals surface area contributed by atoms with Gasteiger partial charge in [-0.05, 0) is 64.0 Å². The molecule has 1 aliphatic heterocycles. The molecule has 7 heteroatoms. The maximum Gasteiger partial charge on any atom is 0.338 e. The zero-order chi connectivity index (χ0) is 20.8. The molecule has 0 aromatic heterocycles. The SMILES string of the molecule is CCCC(=O)Nc1ccc([C@@H]2NC(=S)N(CC)C(C)=C2C(=O)OC(C)C)cc1. The normalized spacial score (nSPS) is 16.9. The second kappa shape index (κ2) is 9.68. The molecule has 1 amide bonds. The van der Waals surface area contributed by atoms with E-state index in [1.54, 1.807) is 0 Å². The molecule has 1 aromatic rings. The number of ether oxygens (including phenoxy) is 1. The zero-order valence-electron chi connectivity index (χ0n) is 17.2. The second-order valence-corrected chi connectivity index (χ2v) is 7.39. The first-order valence-corrected chi connectivity index (χ1v) is 10.1. The van der Waals surface area contributed by atoms with Crippen LogP contribution in [-0.4, -0.2) is 34.5 Å². The van der Waals surface area contributed by atoms with Gasteiger partial charge in [0.15, 0.2) is 5.11 Å². The van der Waals surface area contributed by atoms with Crippen LogP contribution in [0.25, 0.3) is 0 Å². The molecule has 0 radical (unpaired) electrons. The molecule has 1 aliphatic rings. The quantitative estimate of drug-likeness (QED) is 0.531. The van der Waals surface area contributed by atoms with Gasteiger partial charge in [0.2, 0.25) is 5.91 Å². The molecule has 6 nitrogen and oxygen atoms in total. The number of amides is 1. The predicted molar refractivity (Wildman–Crippen MR) is 115 cm³/mol. The van der Waals surface area contributed by atoms with E-state index < -0.39 is 6.04 Å². The van der Waals surface area contributed by atoms with E-state index in [0.29, 0.717) is 23.7 Å². The predicted octanol–water partition coefficient (Wildman–Crippen LogP) is 3.90. The van der Waals surface area contributed by atoms with Crippen molar-refractivity contribution in [3.63, 3.8) is 0 Å². The van der Waals surface area contributed by atoms with Crippen LogP contribution in [0.5, 0.6) is 0 Å². The first-order valence-electron chi connectivity index (χ1n) is 9.68. The van der Waals surface area contributed by atoms with Crippen molar-refractivity contribution in [2.24, 2.45) is 0 Å². The van der Waals surface area contributed by atoms with Gasteiger partial charge < -0.3 is 20.3 Å². The fraction of sp³-hybridized carbons (Fsp3) is 0.476. The van der Waals surface area contributed by atoms with Crippen molar-refractivity contribution in [2.75, 3.05) is 11.9 Å². The number of rotatable bonds is 7. The van der Waals surface area contributed by atoms with Crippen LogP contribution in [0.4, 0.5) is 5.69 Å². The first kappa shape index (κ1) is 21.9. The standard InChI is InChI=1S/C21H29N3O3S/c1-6-8-17(25)22-16-11-9-15(10-12-16)19-18(20(26)27-13(3)4)14(5)24(7-2)21(28)23-19/h9-13,19H,6-8H2,1-5H3,(H,22,25)(H,23,28)/t19-/m0/s1. The lowest BCUT2D eigenvalue weighted by atomic mass is 9.94. The molecule has 1 aromatic carbocycles. The molecule has 28 heavy (non-hydrogen) atoms. The van der Waals surface area contributed by atoms with Crippen LogP contribution in [0.1, 0.15) is 59.1 Å². The Bertz CT molecular complexity index is 772.